The normalized spacial score (nSPS) is 14.1. The Morgan fingerprint density at radius 3 is 2.06 bits per heavy atom. The molecule has 2 atom stereocenters. The van der Waals surface area contributed by atoms with Crippen LogP contribution < -0.4 is 4.72 Å². The maximum Gasteiger partial charge on any atom is 0.241 e. The van der Waals surface area contributed by atoms with Gasteiger partial charge in [0, 0.05) is 9.64 Å². The Morgan fingerprint density at radius 1 is 0.794 bits per heavy atom. The summed E-state index contributed by atoms with van der Waals surface area (Å²) in [4.78, 5) is 0.824. The quantitative estimate of drug-likeness (QED) is 0.353. The summed E-state index contributed by atoms with van der Waals surface area (Å²) in [6, 6.07) is 27.2. The zero-order chi connectivity index (χ0) is 24.5. The predicted octanol–water partition coefficient (Wildman–Crippen LogP) is 6.12. The van der Waals surface area contributed by atoms with E-state index < -0.39 is 31.6 Å². The lowest BCUT2D eigenvalue weighted by Crippen LogP contribution is -2.31. The van der Waals surface area contributed by atoms with E-state index in [0.717, 1.165) is 21.9 Å². The van der Waals surface area contributed by atoms with Crippen LogP contribution in [0.25, 0.3) is 10.8 Å². The Morgan fingerprint density at radius 2 is 1.41 bits per heavy atom. The average Bonchev–Trinajstić information content (AvgIpc) is 2.82. The van der Waals surface area contributed by atoms with Crippen molar-refractivity contribution in [1.82, 2.24) is 4.72 Å². The molecule has 0 radical (unpaired) electrons. The first-order chi connectivity index (χ1) is 16.1. The lowest BCUT2D eigenvalue weighted by atomic mass is 9.94. The molecule has 0 bridgehead atoms. The minimum atomic E-state index is -3.87. The second kappa shape index (κ2) is 9.45. The first kappa shape index (κ1) is 24.3. The van der Waals surface area contributed by atoms with E-state index in [4.69, 9.17) is 0 Å². The molecule has 0 saturated heterocycles. The van der Waals surface area contributed by atoms with Gasteiger partial charge >= 0.3 is 0 Å². The highest BCUT2D eigenvalue weighted by Crippen LogP contribution is 2.37. The number of sulfonamides is 1. The number of benzene rings is 4. The largest absolute Gasteiger partial charge is 0.254 e. The number of fused-ring (bicyclic) bond motifs is 1. The minimum absolute atomic E-state index is 0.192. The molecule has 4 aromatic carbocycles. The first-order valence-electron chi connectivity index (χ1n) is 11.2. The maximum atomic E-state index is 13.7. The van der Waals surface area contributed by atoms with Crippen LogP contribution in [0.15, 0.2) is 101 Å². The highest BCUT2D eigenvalue weighted by Gasteiger charge is 2.31. The van der Waals surface area contributed by atoms with Crippen LogP contribution in [-0.4, -0.2) is 17.4 Å². The fourth-order valence-corrected chi connectivity index (χ4v) is 6.42. The van der Waals surface area contributed by atoms with Crippen molar-refractivity contribution >= 4 is 31.6 Å². The molecule has 0 aliphatic carbocycles. The molecular formula is C28H29NO3S2. The number of rotatable bonds is 6. The molecule has 0 aliphatic heterocycles. The van der Waals surface area contributed by atoms with Gasteiger partial charge in [0.15, 0.2) is 0 Å². The lowest BCUT2D eigenvalue weighted by Gasteiger charge is -2.27. The van der Waals surface area contributed by atoms with Gasteiger partial charge in [-0.25, -0.2) is 8.42 Å². The topological polar surface area (TPSA) is 63.2 Å². The molecule has 4 rings (SSSR count). The Bertz CT molecular complexity index is 1440. The zero-order valence-electron chi connectivity index (χ0n) is 19.8. The van der Waals surface area contributed by atoms with Crippen molar-refractivity contribution < 1.29 is 12.6 Å². The summed E-state index contributed by atoms with van der Waals surface area (Å²) in [5.41, 5.74) is 2.48. The van der Waals surface area contributed by atoms with Crippen LogP contribution in [0.5, 0.6) is 0 Å². The maximum absolute atomic E-state index is 13.7. The van der Waals surface area contributed by atoms with Crippen molar-refractivity contribution in [2.24, 2.45) is 0 Å². The van der Waals surface area contributed by atoms with Gasteiger partial charge in [-0.2, -0.15) is 4.72 Å². The zero-order valence-corrected chi connectivity index (χ0v) is 21.4. The molecule has 176 valence electrons. The van der Waals surface area contributed by atoms with Crippen molar-refractivity contribution in [3.05, 3.63) is 108 Å². The van der Waals surface area contributed by atoms with Crippen LogP contribution in [-0.2, 0) is 20.8 Å². The molecule has 1 N–H and O–H groups in total. The van der Waals surface area contributed by atoms with Crippen molar-refractivity contribution in [2.45, 2.75) is 48.3 Å². The molecule has 34 heavy (non-hydrogen) atoms. The smallest absolute Gasteiger partial charge is 0.241 e. The van der Waals surface area contributed by atoms with Gasteiger partial charge in [-0.15, -0.1) is 0 Å². The average molecular weight is 492 g/mol. The summed E-state index contributed by atoms with van der Waals surface area (Å²) in [6.07, 6.45) is 0. The van der Waals surface area contributed by atoms with Crippen LogP contribution in [0.4, 0.5) is 0 Å². The Labute approximate surface area is 204 Å². The number of hydrogen-bond donors (Lipinski definition) is 1. The molecule has 0 saturated carbocycles. The Balaban J connectivity index is 1.98. The summed E-state index contributed by atoms with van der Waals surface area (Å²) in [5, 5.41) is 1.83. The lowest BCUT2D eigenvalue weighted by molar-refractivity contribution is 0.571. The van der Waals surface area contributed by atoms with Gasteiger partial charge < -0.3 is 0 Å². The second-order valence-corrected chi connectivity index (χ2v) is 13.3. The Hall–Kier alpha value is -2.80. The van der Waals surface area contributed by atoms with Crippen LogP contribution in [0.1, 0.15) is 43.5 Å². The van der Waals surface area contributed by atoms with Crippen LogP contribution in [0, 0.1) is 6.92 Å². The molecule has 0 spiro atoms. The fraction of sp³-hybridized carbons (Fsp3) is 0.214. The van der Waals surface area contributed by atoms with Gasteiger partial charge in [0.05, 0.1) is 21.7 Å². The Kier molecular flexibility index (Phi) is 6.76. The molecule has 4 nitrogen and oxygen atoms in total. The third-order valence-corrected chi connectivity index (χ3v) is 9.02. The summed E-state index contributed by atoms with van der Waals surface area (Å²) >= 11 is 0. The van der Waals surface area contributed by atoms with E-state index in [1.807, 2.05) is 94.4 Å². The standard InChI is InChI=1S/C28H29NO3S2/c1-20-14-17-23(18-15-20)34(31,32)29-27(22-11-6-5-7-12-22)26-24-13-9-8-10-21(24)16-19-25(26)33(30)28(2,3)4/h5-19,27,29H,1-4H3/t27-,33+/m0/s1. The molecule has 0 aromatic heterocycles. The molecule has 0 aliphatic rings. The summed E-state index contributed by atoms with van der Waals surface area (Å²) in [6.45, 7) is 7.70. The molecule has 0 amide bonds. The van der Waals surface area contributed by atoms with Crippen LogP contribution in [0.2, 0.25) is 0 Å². The highest BCUT2D eigenvalue weighted by atomic mass is 32.2. The highest BCUT2D eigenvalue weighted by molar-refractivity contribution is 7.89. The summed E-state index contributed by atoms with van der Waals surface area (Å²) in [5.74, 6) is 0. The number of aryl methyl sites for hydroxylation is 1. The van der Waals surface area contributed by atoms with E-state index in [1.165, 1.54) is 0 Å². The summed E-state index contributed by atoms with van der Waals surface area (Å²) < 4.78 is 43.1. The second-order valence-electron chi connectivity index (χ2n) is 9.36. The van der Waals surface area contributed by atoms with Gasteiger partial charge in [0.2, 0.25) is 10.0 Å². The third-order valence-electron chi connectivity index (χ3n) is 5.71. The third kappa shape index (κ3) is 4.99. The molecular weight excluding hydrogens is 462 g/mol. The molecule has 0 unspecified atom stereocenters. The van der Waals surface area contributed by atoms with Crippen molar-refractivity contribution in [2.75, 3.05) is 0 Å². The summed E-state index contributed by atoms with van der Waals surface area (Å²) in [7, 11) is -5.24. The van der Waals surface area contributed by atoms with Crippen molar-refractivity contribution in [3.63, 3.8) is 0 Å². The number of hydrogen-bond acceptors (Lipinski definition) is 3. The first-order valence-corrected chi connectivity index (χ1v) is 13.8. The van der Waals surface area contributed by atoms with E-state index in [2.05, 4.69) is 4.72 Å². The van der Waals surface area contributed by atoms with Gasteiger partial charge in [-0.1, -0.05) is 78.4 Å². The minimum Gasteiger partial charge on any atom is -0.254 e. The van der Waals surface area contributed by atoms with E-state index in [-0.39, 0.29) is 4.90 Å². The van der Waals surface area contributed by atoms with Gasteiger partial charge in [-0.3, -0.25) is 4.21 Å². The van der Waals surface area contributed by atoms with E-state index >= 15 is 0 Å². The monoisotopic (exact) mass is 491 g/mol. The number of nitrogens with one attached hydrogen (secondary N) is 1. The van der Waals surface area contributed by atoms with Gasteiger partial charge in [0.1, 0.15) is 0 Å². The van der Waals surface area contributed by atoms with Crippen molar-refractivity contribution in [3.8, 4) is 0 Å². The SMILES string of the molecule is Cc1ccc(S(=O)(=O)N[C@@H](c2ccccc2)c2c([S@@](=O)C(C)(C)C)ccc3ccccc23)cc1. The van der Waals surface area contributed by atoms with E-state index in [9.17, 15) is 12.6 Å². The molecule has 0 heterocycles. The fourth-order valence-electron chi connectivity index (χ4n) is 3.94. The van der Waals surface area contributed by atoms with E-state index in [1.54, 1.807) is 24.3 Å². The molecule has 0 fully saturated rings. The van der Waals surface area contributed by atoms with Crippen LogP contribution >= 0.6 is 0 Å². The van der Waals surface area contributed by atoms with Gasteiger partial charge in [0.25, 0.3) is 0 Å². The van der Waals surface area contributed by atoms with Gasteiger partial charge in [-0.05, 0) is 67.8 Å². The van der Waals surface area contributed by atoms with Crippen molar-refractivity contribution in [1.29, 1.82) is 0 Å². The van der Waals surface area contributed by atoms with Crippen LogP contribution in [0.3, 0.4) is 0 Å². The predicted molar refractivity (Wildman–Crippen MR) is 140 cm³/mol. The van der Waals surface area contributed by atoms with E-state index in [0.29, 0.717) is 10.5 Å². The molecule has 4 aromatic rings. The molecule has 6 heteroatoms.